The molecule has 1 amide bonds. The van der Waals surface area contributed by atoms with Crippen LogP contribution in [-0.2, 0) is 0 Å². The van der Waals surface area contributed by atoms with Crippen molar-refractivity contribution in [2.24, 2.45) is 0 Å². The third kappa shape index (κ3) is 4.32. The predicted octanol–water partition coefficient (Wildman–Crippen LogP) is 4.01. The fraction of sp³-hybridized carbons (Fsp3) is 0.333. The number of anilines is 2. The molecular formula is C18H23N3O. The van der Waals surface area contributed by atoms with Crippen LogP contribution < -0.4 is 5.32 Å². The van der Waals surface area contributed by atoms with Crippen molar-refractivity contribution >= 4 is 17.3 Å². The summed E-state index contributed by atoms with van der Waals surface area (Å²) >= 11 is 0. The second kappa shape index (κ2) is 7.59. The van der Waals surface area contributed by atoms with E-state index in [0.717, 1.165) is 30.8 Å². The zero-order valence-corrected chi connectivity index (χ0v) is 13.5. The van der Waals surface area contributed by atoms with Gasteiger partial charge in [-0.3, -0.25) is 9.78 Å². The smallest absolute Gasteiger partial charge is 0.272 e. The summed E-state index contributed by atoms with van der Waals surface area (Å²) in [6, 6.07) is 11.8. The van der Waals surface area contributed by atoms with E-state index in [-0.39, 0.29) is 5.91 Å². The van der Waals surface area contributed by atoms with Crippen LogP contribution >= 0.6 is 0 Å². The number of carbonyl (C=O) groups is 1. The first-order valence-corrected chi connectivity index (χ1v) is 7.65. The van der Waals surface area contributed by atoms with Gasteiger partial charge >= 0.3 is 0 Å². The van der Waals surface area contributed by atoms with Gasteiger partial charge in [0.15, 0.2) is 0 Å². The van der Waals surface area contributed by atoms with Crippen LogP contribution in [0.25, 0.3) is 0 Å². The second-order valence-electron chi connectivity index (χ2n) is 5.50. The quantitative estimate of drug-likeness (QED) is 0.876. The molecule has 0 spiro atoms. The minimum absolute atomic E-state index is 0.0404. The Morgan fingerprint density at radius 3 is 2.73 bits per heavy atom. The van der Waals surface area contributed by atoms with Crippen molar-refractivity contribution in [3.63, 3.8) is 0 Å². The van der Waals surface area contributed by atoms with Gasteiger partial charge in [-0.25, -0.2) is 0 Å². The lowest BCUT2D eigenvalue weighted by molar-refractivity contribution is 0.0787. The highest BCUT2D eigenvalue weighted by molar-refractivity contribution is 5.93. The number of pyridine rings is 1. The highest BCUT2D eigenvalue weighted by Gasteiger charge is 2.13. The van der Waals surface area contributed by atoms with E-state index >= 15 is 0 Å². The van der Waals surface area contributed by atoms with Crippen LogP contribution in [0.4, 0.5) is 11.4 Å². The zero-order valence-electron chi connectivity index (χ0n) is 13.5. The molecule has 0 aliphatic carbocycles. The number of hydrogen-bond donors (Lipinski definition) is 1. The summed E-state index contributed by atoms with van der Waals surface area (Å²) in [7, 11) is 1.82. The van der Waals surface area contributed by atoms with Crippen LogP contribution in [0.1, 0.15) is 35.8 Å². The Hall–Kier alpha value is -2.36. The summed E-state index contributed by atoms with van der Waals surface area (Å²) in [6.07, 6.45) is 3.74. The number of rotatable bonds is 6. The zero-order chi connectivity index (χ0) is 15.9. The Labute approximate surface area is 132 Å². The Kier molecular flexibility index (Phi) is 5.53. The maximum Gasteiger partial charge on any atom is 0.272 e. The minimum Gasteiger partial charge on any atom is -0.355 e. The summed E-state index contributed by atoms with van der Waals surface area (Å²) in [5, 5.41) is 3.31. The number of nitrogens with one attached hydrogen (secondary N) is 1. The van der Waals surface area contributed by atoms with Gasteiger partial charge in [0.25, 0.3) is 5.91 Å². The number of unbranched alkanes of at least 4 members (excludes halogenated alkanes) is 1. The highest BCUT2D eigenvalue weighted by Crippen LogP contribution is 2.18. The first-order valence-electron chi connectivity index (χ1n) is 7.65. The third-order valence-corrected chi connectivity index (χ3v) is 3.48. The molecule has 22 heavy (non-hydrogen) atoms. The number of aromatic nitrogens is 1. The average Bonchev–Trinajstić information content (AvgIpc) is 2.52. The molecule has 116 valence electrons. The molecule has 4 nitrogen and oxygen atoms in total. The van der Waals surface area contributed by atoms with Crippen molar-refractivity contribution in [2.75, 3.05) is 18.9 Å². The number of amides is 1. The molecule has 0 aliphatic heterocycles. The maximum absolute atomic E-state index is 12.3. The van der Waals surface area contributed by atoms with Crippen LogP contribution in [0.15, 0.2) is 42.6 Å². The number of aryl methyl sites for hydroxylation is 1. The summed E-state index contributed by atoms with van der Waals surface area (Å²) < 4.78 is 0. The monoisotopic (exact) mass is 297 g/mol. The molecule has 0 aliphatic rings. The fourth-order valence-electron chi connectivity index (χ4n) is 2.21. The Bertz CT molecular complexity index is 640. The average molecular weight is 297 g/mol. The molecule has 0 atom stereocenters. The van der Waals surface area contributed by atoms with Crippen LogP contribution in [0.2, 0.25) is 0 Å². The van der Waals surface area contributed by atoms with E-state index in [1.54, 1.807) is 17.2 Å². The van der Waals surface area contributed by atoms with Crippen molar-refractivity contribution in [1.29, 1.82) is 0 Å². The molecule has 2 rings (SSSR count). The number of hydrogen-bond acceptors (Lipinski definition) is 3. The SMILES string of the molecule is CCCCN(C)C(=O)c1cc(Nc2cccc(C)c2)ccn1. The number of nitrogens with zero attached hydrogens (tertiary/aromatic N) is 2. The topological polar surface area (TPSA) is 45.2 Å². The van der Waals surface area contributed by atoms with E-state index in [0.29, 0.717) is 5.69 Å². The molecule has 0 radical (unpaired) electrons. The van der Waals surface area contributed by atoms with Crippen LogP contribution in [0.3, 0.4) is 0 Å². The lowest BCUT2D eigenvalue weighted by Gasteiger charge is -2.16. The highest BCUT2D eigenvalue weighted by atomic mass is 16.2. The first kappa shape index (κ1) is 16.0. The molecule has 1 aromatic carbocycles. The van der Waals surface area contributed by atoms with Crippen molar-refractivity contribution in [1.82, 2.24) is 9.88 Å². The predicted molar refractivity (Wildman–Crippen MR) is 90.6 cm³/mol. The summed E-state index contributed by atoms with van der Waals surface area (Å²) in [5.41, 5.74) is 3.53. The van der Waals surface area contributed by atoms with Gasteiger partial charge in [0.1, 0.15) is 5.69 Å². The van der Waals surface area contributed by atoms with Crippen LogP contribution in [0.5, 0.6) is 0 Å². The number of carbonyl (C=O) groups excluding carboxylic acids is 1. The summed E-state index contributed by atoms with van der Waals surface area (Å²) in [4.78, 5) is 18.3. The Morgan fingerprint density at radius 1 is 1.23 bits per heavy atom. The standard InChI is InChI=1S/C18H23N3O/c1-4-5-11-21(3)18(22)17-13-16(9-10-19-17)20-15-8-6-7-14(2)12-15/h6-10,12-13H,4-5,11H2,1-3H3,(H,19,20). The molecule has 0 bridgehead atoms. The molecule has 0 saturated carbocycles. The molecule has 1 heterocycles. The number of benzene rings is 1. The van der Waals surface area contributed by atoms with Crippen molar-refractivity contribution in [3.05, 3.63) is 53.9 Å². The van der Waals surface area contributed by atoms with Crippen molar-refractivity contribution < 1.29 is 4.79 Å². The fourth-order valence-corrected chi connectivity index (χ4v) is 2.21. The molecule has 1 N–H and O–H groups in total. The lowest BCUT2D eigenvalue weighted by Crippen LogP contribution is -2.28. The van der Waals surface area contributed by atoms with Gasteiger partial charge in [-0.2, -0.15) is 0 Å². The van der Waals surface area contributed by atoms with Crippen LogP contribution in [0, 0.1) is 6.92 Å². The molecule has 0 fully saturated rings. The van der Waals surface area contributed by atoms with E-state index in [4.69, 9.17) is 0 Å². The van der Waals surface area contributed by atoms with Gasteiger partial charge in [-0.1, -0.05) is 25.5 Å². The largest absolute Gasteiger partial charge is 0.355 e. The molecule has 0 saturated heterocycles. The van der Waals surface area contributed by atoms with E-state index < -0.39 is 0 Å². The summed E-state index contributed by atoms with van der Waals surface area (Å²) in [5.74, 6) is -0.0404. The van der Waals surface area contributed by atoms with Gasteiger partial charge in [0.05, 0.1) is 0 Å². The lowest BCUT2D eigenvalue weighted by atomic mass is 10.2. The van der Waals surface area contributed by atoms with Gasteiger partial charge in [0, 0.05) is 31.2 Å². The second-order valence-corrected chi connectivity index (χ2v) is 5.50. The maximum atomic E-state index is 12.3. The van der Waals surface area contributed by atoms with E-state index in [9.17, 15) is 4.79 Å². The molecule has 2 aromatic rings. The Balaban J connectivity index is 2.11. The minimum atomic E-state index is -0.0404. The van der Waals surface area contributed by atoms with Crippen molar-refractivity contribution in [2.45, 2.75) is 26.7 Å². The Morgan fingerprint density at radius 2 is 2.00 bits per heavy atom. The van der Waals surface area contributed by atoms with E-state index in [1.807, 2.05) is 25.2 Å². The third-order valence-electron chi connectivity index (χ3n) is 3.48. The molecular weight excluding hydrogens is 274 g/mol. The van der Waals surface area contributed by atoms with Crippen LogP contribution in [-0.4, -0.2) is 29.4 Å². The van der Waals surface area contributed by atoms with E-state index in [1.165, 1.54) is 5.56 Å². The normalized spacial score (nSPS) is 10.3. The van der Waals surface area contributed by atoms with Gasteiger partial charge < -0.3 is 10.2 Å². The van der Waals surface area contributed by atoms with Crippen molar-refractivity contribution in [3.8, 4) is 0 Å². The van der Waals surface area contributed by atoms with Gasteiger partial charge in [-0.05, 0) is 43.2 Å². The van der Waals surface area contributed by atoms with Gasteiger partial charge in [0.2, 0.25) is 0 Å². The summed E-state index contributed by atoms with van der Waals surface area (Å²) in [6.45, 7) is 4.92. The van der Waals surface area contributed by atoms with Gasteiger partial charge in [-0.15, -0.1) is 0 Å². The molecule has 1 aromatic heterocycles. The molecule has 4 heteroatoms. The molecule has 0 unspecified atom stereocenters. The van der Waals surface area contributed by atoms with E-state index in [2.05, 4.69) is 36.3 Å². The first-order chi connectivity index (χ1) is 10.6.